The van der Waals surface area contributed by atoms with Crippen molar-refractivity contribution >= 4 is 23.4 Å². The van der Waals surface area contributed by atoms with Crippen LogP contribution in [-0.4, -0.2) is 18.0 Å². The van der Waals surface area contributed by atoms with Gasteiger partial charge in [-0.15, -0.1) is 0 Å². The molecule has 4 heteroatoms. The molecule has 0 radical (unpaired) electrons. The number of rotatable bonds is 4. The normalized spacial score (nSPS) is 17.8. The summed E-state index contributed by atoms with van der Waals surface area (Å²) in [6.07, 6.45) is 2.78. The minimum atomic E-state index is -0.386. The maximum atomic E-state index is 12.7. The Morgan fingerprint density at radius 2 is 1.93 bits per heavy atom. The number of amides is 1. The number of carbonyl (C=O) groups excluding carboxylic acids is 1. The Balaban J connectivity index is 1.96. The summed E-state index contributed by atoms with van der Waals surface area (Å²) in [6.45, 7) is 14.0. The van der Waals surface area contributed by atoms with Crippen molar-refractivity contribution in [2.45, 2.75) is 59.4 Å². The second kappa shape index (κ2) is 8.36. The molecule has 1 unspecified atom stereocenters. The van der Waals surface area contributed by atoms with Gasteiger partial charge in [0.2, 0.25) is 0 Å². The Morgan fingerprint density at radius 3 is 2.53 bits per heavy atom. The van der Waals surface area contributed by atoms with Gasteiger partial charge in [0.15, 0.2) is 0 Å². The molecule has 2 aromatic rings. The lowest BCUT2D eigenvalue weighted by Gasteiger charge is -2.47. The Bertz CT molecular complexity index is 1030. The maximum Gasteiger partial charge on any atom is 0.266 e. The first-order valence-electron chi connectivity index (χ1n) is 10.6. The van der Waals surface area contributed by atoms with Gasteiger partial charge in [0, 0.05) is 23.5 Å². The molecule has 3 rings (SSSR count). The van der Waals surface area contributed by atoms with Crippen molar-refractivity contribution in [1.82, 2.24) is 0 Å². The van der Waals surface area contributed by atoms with E-state index in [4.69, 9.17) is 0 Å². The summed E-state index contributed by atoms with van der Waals surface area (Å²) in [5, 5.41) is 12.4. The lowest BCUT2D eigenvalue weighted by molar-refractivity contribution is -0.112. The molecule has 0 aliphatic carbocycles. The van der Waals surface area contributed by atoms with Gasteiger partial charge < -0.3 is 10.2 Å². The fourth-order valence-electron chi connectivity index (χ4n) is 4.54. The van der Waals surface area contributed by atoms with E-state index in [1.54, 1.807) is 6.08 Å². The van der Waals surface area contributed by atoms with E-state index in [-0.39, 0.29) is 17.0 Å². The van der Waals surface area contributed by atoms with E-state index in [9.17, 15) is 10.1 Å². The molecule has 0 spiro atoms. The molecule has 0 saturated carbocycles. The molecule has 1 amide bonds. The third-order valence-electron chi connectivity index (χ3n) is 6.06. The van der Waals surface area contributed by atoms with E-state index in [0.29, 0.717) is 11.6 Å². The zero-order valence-electron chi connectivity index (χ0n) is 18.8. The number of nitrogens with zero attached hydrogens (tertiary/aromatic N) is 2. The maximum absolute atomic E-state index is 12.7. The van der Waals surface area contributed by atoms with Crippen molar-refractivity contribution in [3.8, 4) is 6.07 Å². The predicted molar refractivity (Wildman–Crippen MR) is 125 cm³/mol. The van der Waals surface area contributed by atoms with Crippen molar-refractivity contribution in [1.29, 1.82) is 5.26 Å². The number of benzene rings is 2. The van der Waals surface area contributed by atoms with Crippen molar-refractivity contribution < 1.29 is 4.79 Å². The number of hydrogen-bond donors (Lipinski definition) is 1. The average Bonchev–Trinajstić information content (AvgIpc) is 2.68. The third kappa shape index (κ3) is 4.26. The topological polar surface area (TPSA) is 56.1 Å². The largest absolute Gasteiger partial charge is 0.366 e. The van der Waals surface area contributed by atoms with Gasteiger partial charge in [0.25, 0.3) is 5.91 Å². The molecule has 156 valence electrons. The second-order valence-electron chi connectivity index (χ2n) is 8.92. The van der Waals surface area contributed by atoms with E-state index >= 15 is 0 Å². The first kappa shape index (κ1) is 21.6. The fraction of sp³-hybridized carbons (Fsp3) is 0.385. The number of nitriles is 1. The highest BCUT2D eigenvalue weighted by Gasteiger charge is 2.35. The summed E-state index contributed by atoms with van der Waals surface area (Å²) in [5.41, 5.74) is 6.55. The molecule has 0 fully saturated rings. The summed E-state index contributed by atoms with van der Waals surface area (Å²) in [6, 6.07) is 14.0. The van der Waals surface area contributed by atoms with Crippen LogP contribution in [0.5, 0.6) is 0 Å². The van der Waals surface area contributed by atoms with Gasteiger partial charge in [-0.2, -0.15) is 5.26 Å². The Hall–Kier alpha value is -3.06. The molecule has 2 aromatic carbocycles. The zero-order valence-corrected chi connectivity index (χ0v) is 18.8. The molecule has 1 heterocycles. The SMILES string of the molecule is CCN1c2cc(C)c(/C=C(\C#N)C(=O)Nc3ccc(C)cc3)cc2C(C)CC1(C)C. The summed E-state index contributed by atoms with van der Waals surface area (Å²) < 4.78 is 0. The van der Waals surface area contributed by atoms with Gasteiger partial charge in [0.1, 0.15) is 11.6 Å². The number of aryl methyl sites for hydroxylation is 2. The van der Waals surface area contributed by atoms with Gasteiger partial charge in [0.05, 0.1) is 0 Å². The van der Waals surface area contributed by atoms with E-state index in [2.05, 4.69) is 56.1 Å². The van der Waals surface area contributed by atoms with Crippen LogP contribution in [0, 0.1) is 25.2 Å². The van der Waals surface area contributed by atoms with Crippen LogP contribution in [0.1, 0.15) is 62.3 Å². The van der Waals surface area contributed by atoms with Crippen molar-refractivity contribution in [2.75, 3.05) is 16.8 Å². The minimum absolute atomic E-state index is 0.106. The second-order valence-corrected chi connectivity index (χ2v) is 8.92. The predicted octanol–water partition coefficient (Wildman–Crippen LogP) is 5.96. The number of fused-ring (bicyclic) bond motifs is 1. The molecule has 1 aliphatic rings. The number of anilines is 2. The fourth-order valence-corrected chi connectivity index (χ4v) is 4.54. The van der Waals surface area contributed by atoms with Gasteiger partial charge in [-0.05, 0) is 94.0 Å². The van der Waals surface area contributed by atoms with E-state index in [0.717, 1.165) is 29.7 Å². The van der Waals surface area contributed by atoms with E-state index in [1.807, 2.05) is 38.1 Å². The van der Waals surface area contributed by atoms with Gasteiger partial charge >= 0.3 is 0 Å². The molecule has 1 atom stereocenters. The smallest absolute Gasteiger partial charge is 0.266 e. The van der Waals surface area contributed by atoms with Crippen molar-refractivity contribution in [3.05, 3.63) is 64.2 Å². The lowest BCUT2D eigenvalue weighted by Crippen LogP contribution is -2.48. The average molecular weight is 402 g/mol. The van der Waals surface area contributed by atoms with Crippen LogP contribution in [0.15, 0.2) is 42.0 Å². The molecular weight excluding hydrogens is 370 g/mol. The van der Waals surface area contributed by atoms with Crippen LogP contribution < -0.4 is 10.2 Å². The summed E-state index contributed by atoms with van der Waals surface area (Å²) in [5.74, 6) is 0.0281. The molecule has 1 N–H and O–H groups in total. The van der Waals surface area contributed by atoms with Gasteiger partial charge in [-0.25, -0.2) is 0 Å². The quantitative estimate of drug-likeness (QED) is 0.508. The van der Waals surface area contributed by atoms with Crippen LogP contribution in [-0.2, 0) is 4.79 Å². The molecule has 0 aromatic heterocycles. The van der Waals surface area contributed by atoms with Crippen molar-refractivity contribution in [3.63, 3.8) is 0 Å². The molecule has 0 bridgehead atoms. The van der Waals surface area contributed by atoms with Crippen LogP contribution in [0.2, 0.25) is 0 Å². The molecule has 4 nitrogen and oxygen atoms in total. The van der Waals surface area contributed by atoms with E-state index < -0.39 is 0 Å². The van der Waals surface area contributed by atoms with Crippen LogP contribution in [0.4, 0.5) is 11.4 Å². The Kier molecular flexibility index (Phi) is 6.03. The standard InChI is InChI=1S/C26H31N3O/c1-7-29-24-12-18(3)20(14-23(24)19(4)15-26(29,5)6)13-21(16-27)25(30)28-22-10-8-17(2)9-11-22/h8-14,19H,7,15H2,1-6H3,(H,28,30)/b21-13+. The van der Waals surface area contributed by atoms with Crippen LogP contribution in [0.25, 0.3) is 6.08 Å². The summed E-state index contributed by atoms with van der Waals surface area (Å²) in [4.78, 5) is 15.1. The van der Waals surface area contributed by atoms with Crippen LogP contribution in [0.3, 0.4) is 0 Å². The first-order valence-corrected chi connectivity index (χ1v) is 10.6. The van der Waals surface area contributed by atoms with Crippen molar-refractivity contribution in [2.24, 2.45) is 0 Å². The number of nitrogens with one attached hydrogen (secondary N) is 1. The Morgan fingerprint density at radius 1 is 1.27 bits per heavy atom. The van der Waals surface area contributed by atoms with Gasteiger partial charge in [-0.1, -0.05) is 24.6 Å². The number of carbonyl (C=O) groups is 1. The van der Waals surface area contributed by atoms with E-state index in [1.165, 1.54) is 11.3 Å². The minimum Gasteiger partial charge on any atom is -0.366 e. The highest BCUT2D eigenvalue weighted by atomic mass is 16.1. The van der Waals surface area contributed by atoms with Gasteiger partial charge in [-0.3, -0.25) is 4.79 Å². The monoisotopic (exact) mass is 401 g/mol. The lowest BCUT2D eigenvalue weighted by atomic mass is 9.79. The first-order chi connectivity index (χ1) is 14.2. The van der Waals surface area contributed by atoms with Crippen LogP contribution >= 0.6 is 0 Å². The highest BCUT2D eigenvalue weighted by Crippen LogP contribution is 2.44. The number of hydrogen-bond acceptors (Lipinski definition) is 3. The molecule has 30 heavy (non-hydrogen) atoms. The third-order valence-corrected chi connectivity index (χ3v) is 6.06. The molecular formula is C26H31N3O. The molecule has 1 aliphatic heterocycles. The Labute approximate surface area is 180 Å². The zero-order chi connectivity index (χ0) is 22.1. The summed E-state index contributed by atoms with van der Waals surface area (Å²) in [7, 11) is 0. The summed E-state index contributed by atoms with van der Waals surface area (Å²) >= 11 is 0. The molecule has 0 saturated heterocycles. The highest BCUT2D eigenvalue weighted by molar-refractivity contribution is 6.09.